The van der Waals surface area contributed by atoms with E-state index in [4.69, 9.17) is 9.47 Å². The van der Waals surface area contributed by atoms with Crippen LogP contribution >= 0.6 is 0 Å². The molecule has 1 unspecified atom stereocenters. The molecule has 0 spiro atoms. The zero-order chi connectivity index (χ0) is 24.8. The van der Waals surface area contributed by atoms with Crippen LogP contribution in [-0.4, -0.2) is 19.8 Å². The van der Waals surface area contributed by atoms with Gasteiger partial charge in [-0.1, -0.05) is 54.6 Å². The summed E-state index contributed by atoms with van der Waals surface area (Å²) in [5.41, 5.74) is 4.61. The van der Waals surface area contributed by atoms with Gasteiger partial charge in [-0.3, -0.25) is 0 Å². The van der Waals surface area contributed by atoms with E-state index in [2.05, 4.69) is 0 Å². The summed E-state index contributed by atoms with van der Waals surface area (Å²) in [6, 6.07) is 16.0. The number of halogens is 3. The van der Waals surface area contributed by atoms with Crippen LogP contribution in [0.1, 0.15) is 48.4 Å². The SMILES string of the molecule is CCOCc1ccc(-c2ccc(CCc3ccc(C4=CCC(OC)CC4)c(F)c3F)cc2)c(F)c1. The third-order valence-corrected chi connectivity index (χ3v) is 6.66. The molecular formula is C30H31F3O2. The smallest absolute Gasteiger partial charge is 0.166 e. The maximum atomic E-state index is 14.8. The van der Waals surface area contributed by atoms with Crippen LogP contribution in [0.2, 0.25) is 0 Å². The Labute approximate surface area is 205 Å². The standard InChI is InChI=1S/C30H31F3O2/c1-3-35-19-21-7-16-26(28(31)18-21)22-8-4-20(5-9-22)6-10-24-13-17-27(30(33)29(24)32)23-11-14-25(34-2)15-12-23/h4-5,7-9,11,13,16-18,25H,3,6,10,12,14-15,19H2,1-2H3. The number of ether oxygens (including phenoxy) is 2. The van der Waals surface area contributed by atoms with Crippen molar-refractivity contribution in [3.05, 3.63) is 100 Å². The second-order valence-electron chi connectivity index (χ2n) is 8.91. The van der Waals surface area contributed by atoms with Gasteiger partial charge in [-0.15, -0.1) is 0 Å². The highest BCUT2D eigenvalue weighted by molar-refractivity contribution is 5.67. The fraction of sp³-hybridized carbons (Fsp3) is 0.333. The average molecular weight is 481 g/mol. The van der Waals surface area contributed by atoms with Gasteiger partial charge in [0.1, 0.15) is 5.82 Å². The van der Waals surface area contributed by atoms with Gasteiger partial charge in [0.05, 0.1) is 12.7 Å². The van der Waals surface area contributed by atoms with E-state index < -0.39 is 11.6 Å². The lowest BCUT2D eigenvalue weighted by Crippen LogP contribution is -2.14. The van der Waals surface area contributed by atoms with Crippen LogP contribution in [0.5, 0.6) is 0 Å². The summed E-state index contributed by atoms with van der Waals surface area (Å²) < 4.78 is 54.9. The first kappa shape index (κ1) is 25.2. The van der Waals surface area contributed by atoms with Gasteiger partial charge in [0.2, 0.25) is 0 Å². The highest BCUT2D eigenvalue weighted by Crippen LogP contribution is 2.32. The van der Waals surface area contributed by atoms with Crippen LogP contribution in [0.25, 0.3) is 16.7 Å². The summed E-state index contributed by atoms with van der Waals surface area (Å²) in [7, 11) is 1.67. The van der Waals surface area contributed by atoms with E-state index in [1.165, 1.54) is 6.07 Å². The summed E-state index contributed by atoms with van der Waals surface area (Å²) in [5, 5.41) is 0. The normalized spacial score (nSPS) is 15.8. The predicted molar refractivity (Wildman–Crippen MR) is 134 cm³/mol. The topological polar surface area (TPSA) is 18.5 Å². The minimum atomic E-state index is -0.775. The molecule has 2 nitrogen and oxygen atoms in total. The molecule has 1 aliphatic rings. The second-order valence-corrected chi connectivity index (χ2v) is 8.91. The molecule has 5 heteroatoms. The lowest BCUT2D eigenvalue weighted by atomic mass is 9.90. The minimum Gasteiger partial charge on any atom is -0.381 e. The number of allylic oxidation sites excluding steroid dienone is 1. The number of methoxy groups -OCH3 is 1. The van der Waals surface area contributed by atoms with Crippen molar-refractivity contribution >= 4 is 5.57 Å². The Balaban J connectivity index is 1.41. The van der Waals surface area contributed by atoms with Gasteiger partial charge in [-0.05, 0) is 72.9 Å². The third kappa shape index (κ3) is 6.03. The molecule has 0 aliphatic heterocycles. The lowest BCUT2D eigenvalue weighted by molar-refractivity contribution is 0.0964. The molecule has 0 N–H and O–H groups in total. The maximum absolute atomic E-state index is 14.8. The number of aryl methyl sites for hydroxylation is 2. The molecule has 3 aromatic carbocycles. The fourth-order valence-electron chi connectivity index (χ4n) is 4.53. The molecule has 4 rings (SSSR count). The quantitative estimate of drug-likeness (QED) is 0.313. The molecule has 0 fully saturated rings. The van der Waals surface area contributed by atoms with Gasteiger partial charge in [0.15, 0.2) is 11.6 Å². The van der Waals surface area contributed by atoms with Crippen molar-refractivity contribution in [1.82, 2.24) is 0 Å². The van der Waals surface area contributed by atoms with E-state index in [0.717, 1.165) is 28.7 Å². The van der Waals surface area contributed by atoms with E-state index >= 15 is 0 Å². The first-order valence-corrected chi connectivity index (χ1v) is 12.1. The van der Waals surface area contributed by atoms with Gasteiger partial charge >= 0.3 is 0 Å². The van der Waals surface area contributed by atoms with Crippen LogP contribution in [0, 0.1) is 17.5 Å². The maximum Gasteiger partial charge on any atom is 0.166 e. The molecule has 3 aromatic rings. The molecule has 0 saturated heterocycles. The van der Waals surface area contributed by atoms with Crippen molar-refractivity contribution in [3.63, 3.8) is 0 Å². The molecular weight excluding hydrogens is 449 g/mol. The fourth-order valence-corrected chi connectivity index (χ4v) is 4.53. The molecule has 1 atom stereocenters. The highest BCUT2D eigenvalue weighted by atomic mass is 19.2. The molecule has 1 aliphatic carbocycles. The molecule has 0 aromatic heterocycles. The summed E-state index contributed by atoms with van der Waals surface area (Å²) in [6.07, 6.45) is 5.24. The molecule has 0 heterocycles. The van der Waals surface area contributed by atoms with Crippen molar-refractivity contribution in [2.45, 2.75) is 51.7 Å². The summed E-state index contributed by atoms with van der Waals surface area (Å²) in [5.74, 6) is -1.84. The second kappa shape index (κ2) is 11.7. The van der Waals surface area contributed by atoms with Crippen LogP contribution in [0.3, 0.4) is 0 Å². The number of hydrogen-bond acceptors (Lipinski definition) is 2. The van der Waals surface area contributed by atoms with Crippen molar-refractivity contribution in [2.75, 3.05) is 13.7 Å². The van der Waals surface area contributed by atoms with Crippen LogP contribution in [-0.2, 0) is 28.9 Å². The number of benzene rings is 3. The van der Waals surface area contributed by atoms with Gasteiger partial charge < -0.3 is 9.47 Å². The molecule has 0 saturated carbocycles. The Kier molecular flexibility index (Phi) is 8.42. The Morgan fingerprint density at radius 3 is 2.26 bits per heavy atom. The van der Waals surface area contributed by atoms with Gasteiger partial charge in [0.25, 0.3) is 0 Å². The zero-order valence-corrected chi connectivity index (χ0v) is 20.3. The van der Waals surface area contributed by atoms with Gasteiger partial charge in [0, 0.05) is 24.8 Å². The summed E-state index contributed by atoms with van der Waals surface area (Å²) >= 11 is 0. The summed E-state index contributed by atoms with van der Waals surface area (Å²) in [4.78, 5) is 0. The van der Waals surface area contributed by atoms with Crippen LogP contribution < -0.4 is 0 Å². The Bertz CT molecular complexity index is 1180. The highest BCUT2D eigenvalue weighted by Gasteiger charge is 2.20. The number of rotatable bonds is 9. The van der Waals surface area contributed by atoms with E-state index in [1.807, 2.05) is 43.3 Å². The zero-order valence-electron chi connectivity index (χ0n) is 20.3. The first-order chi connectivity index (χ1) is 17.0. The third-order valence-electron chi connectivity index (χ3n) is 6.66. The molecule has 0 bridgehead atoms. The van der Waals surface area contributed by atoms with Crippen molar-refractivity contribution in [1.29, 1.82) is 0 Å². The lowest BCUT2D eigenvalue weighted by Gasteiger charge is -2.21. The number of hydrogen-bond donors (Lipinski definition) is 0. The van der Waals surface area contributed by atoms with Crippen LogP contribution in [0.4, 0.5) is 13.2 Å². The van der Waals surface area contributed by atoms with Crippen molar-refractivity contribution < 1.29 is 22.6 Å². The largest absolute Gasteiger partial charge is 0.381 e. The minimum absolute atomic E-state index is 0.147. The van der Waals surface area contributed by atoms with E-state index in [9.17, 15) is 13.2 Å². The van der Waals surface area contributed by atoms with Crippen molar-refractivity contribution in [2.24, 2.45) is 0 Å². The molecule has 0 amide bonds. The Hall–Kier alpha value is -2.89. The Morgan fingerprint density at radius 1 is 0.857 bits per heavy atom. The summed E-state index contributed by atoms with van der Waals surface area (Å²) in [6.45, 7) is 2.87. The molecule has 0 radical (unpaired) electrons. The molecule has 184 valence electrons. The van der Waals surface area contributed by atoms with Crippen molar-refractivity contribution in [3.8, 4) is 11.1 Å². The monoisotopic (exact) mass is 480 g/mol. The van der Waals surface area contributed by atoms with E-state index in [1.54, 1.807) is 25.3 Å². The average Bonchev–Trinajstić information content (AvgIpc) is 2.89. The predicted octanol–water partition coefficient (Wildman–Crippen LogP) is 7.67. The van der Waals surface area contributed by atoms with Gasteiger partial charge in [-0.2, -0.15) is 0 Å². The van der Waals surface area contributed by atoms with Crippen LogP contribution in [0.15, 0.2) is 60.7 Å². The van der Waals surface area contributed by atoms with Gasteiger partial charge in [-0.25, -0.2) is 13.2 Å². The first-order valence-electron chi connectivity index (χ1n) is 12.1. The molecule has 35 heavy (non-hydrogen) atoms. The Morgan fingerprint density at radius 2 is 1.60 bits per heavy atom. The van der Waals surface area contributed by atoms with E-state index in [-0.39, 0.29) is 11.9 Å². The van der Waals surface area contributed by atoms with E-state index in [0.29, 0.717) is 55.6 Å².